The van der Waals surface area contributed by atoms with Crippen molar-refractivity contribution in [3.05, 3.63) is 28.6 Å². The first-order valence-electron chi connectivity index (χ1n) is 3.89. The van der Waals surface area contributed by atoms with Gasteiger partial charge < -0.3 is 0 Å². The number of halogens is 3. The van der Waals surface area contributed by atoms with E-state index in [9.17, 15) is 13.6 Å². The summed E-state index contributed by atoms with van der Waals surface area (Å²) in [5.74, 6) is 0. The third-order valence-corrected chi connectivity index (χ3v) is 2.14. The maximum atomic E-state index is 12.3. The van der Waals surface area contributed by atoms with E-state index in [1.54, 1.807) is 13.8 Å². The lowest BCUT2D eigenvalue weighted by Crippen LogP contribution is -2.04. The number of aryl methyl sites for hydroxylation is 1. The molecule has 0 unspecified atom stereocenters. The molecule has 1 aromatic rings. The molecule has 0 saturated heterocycles. The lowest BCUT2D eigenvalue weighted by molar-refractivity contribution is 0.107. The van der Waals surface area contributed by atoms with E-state index in [0.29, 0.717) is 11.1 Å². The Morgan fingerprint density at radius 3 is 2.50 bits per heavy atom. The van der Waals surface area contributed by atoms with Crippen molar-refractivity contribution < 1.29 is 13.6 Å². The molecule has 0 spiro atoms. The fourth-order valence-corrected chi connectivity index (χ4v) is 1.25. The Morgan fingerprint density at radius 1 is 1.50 bits per heavy atom. The van der Waals surface area contributed by atoms with Gasteiger partial charge in [0.05, 0.1) is 0 Å². The van der Waals surface area contributed by atoms with Crippen LogP contribution >= 0.6 is 11.6 Å². The average molecular weight is 220 g/mol. The molecule has 0 N–H and O–H groups in total. The molecule has 2 nitrogen and oxygen atoms in total. The molecule has 5 heteroatoms. The topological polar surface area (TPSA) is 30.0 Å². The largest absolute Gasteiger partial charge is 0.280 e. The molecular formula is C9H8ClF2NO. The second kappa shape index (κ2) is 4.00. The van der Waals surface area contributed by atoms with Crippen molar-refractivity contribution in [1.82, 2.24) is 4.98 Å². The number of nitrogens with zero attached hydrogens (tertiary/aromatic N) is 1. The van der Waals surface area contributed by atoms with Crippen LogP contribution in [0.1, 0.15) is 33.7 Å². The summed E-state index contributed by atoms with van der Waals surface area (Å²) in [7, 11) is 0. The van der Waals surface area contributed by atoms with Crippen molar-refractivity contribution in [3.8, 4) is 0 Å². The van der Waals surface area contributed by atoms with Gasteiger partial charge in [0.15, 0.2) is 0 Å². The van der Waals surface area contributed by atoms with Crippen LogP contribution in [0, 0.1) is 13.8 Å². The Kier molecular flexibility index (Phi) is 3.16. The van der Waals surface area contributed by atoms with Crippen LogP contribution in [0.4, 0.5) is 8.78 Å². The van der Waals surface area contributed by atoms with Crippen LogP contribution in [0.2, 0.25) is 0 Å². The number of hydrogen-bond acceptors (Lipinski definition) is 2. The molecule has 0 fully saturated rings. The SMILES string of the molecule is Cc1cc(C(F)F)nc(C(=O)Cl)c1C. The molecule has 0 radical (unpaired) electrons. The highest BCUT2D eigenvalue weighted by Gasteiger charge is 2.16. The van der Waals surface area contributed by atoms with E-state index in [0.717, 1.165) is 0 Å². The average Bonchev–Trinajstić information content (AvgIpc) is 2.08. The lowest BCUT2D eigenvalue weighted by atomic mass is 10.1. The minimum absolute atomic E-state index is 0.0954. The van der Waals surface area contributed by atoms with E-state index in [-0.39, 0.29) is 5.69 Å². The number of carbonyl (C=O) groups excluding carboxylic acids is 1. The number of pyridine rings is 1. The van der Waals surface area contributed by atoms with Gasteiger partial charge in [-0.1, -0.05) is 0 Å². The van der Waals surface area contributed by atoms with Gasteiger partial charge in [-0.25, -0.2) is 13.8 Å². The molecule has 0 aromatic carbocycles. The molecule has 0 amide bonds. The first-order valence-corrected chi connectivity index (χ1v) is 4.27. The monoisotopic (exact) mass is 219 g/mol. The lowest BCUT2D eigenvalue weighted by Gasteiger charge is -2.07. The van der Waals surface area contributed by atoms with Crippen LogP contribution in [0.25, 0.3) is 0 Å². The van der Waals surface area contributed by atoms with E-state index in [2.05, 4.69) is 4.98 Å². The van der Waals surface area contributed by atoms with Crippen LogP contribution in [0.15, 0.2) is 6.07 Å². The molecule has 0 aliphatic heterocycles. The highest BCUT2D eigenvalue weighted by molar-refractivity contribution is 6.67. The fraction of sp³-hybridized carbons (Fsp3) is 0.333. The van der Waals surface area contributed by atoms with E-state index in [4.69, 9.17) is 11.6 Å². The Morgan fingerprint density at radius 2 is 2.07 bits per heavy atom. The second-order valence-electron chi connectivity index (χ2n) is 2.91. The summed E-state index contributed by atoms with van der Waals surface area (Å²) in [6.07, 6.45) is -2.69. The summed E-state index contributed by atoms with van der Waals surface area (Å²) >= 11 is 5.21. The molecule has 0 aliphatic rings. The van der Waals surface area contributed by atoms with Gasteiger partial charge in [0.2, 0.25) is 0 Å². The van der Waals surface area contributed by atoms with Gasteiger partial charge in [-0.3, -0.25) is 4.79 Å². The zero-order valence-corrected chi connectivity index (χ0v) is 8.40. The normalized spacial score (nSPS) is 10.7. The van der Waals surface area contributed by atoms with E-state index < -0.39 is 17.4 Å². The van der Waals surface area contributed by atoms with Gasteiger partial charge in [0.1, 0.15) is 11.4 Å². The van der Waals surface area contributed by atoms with Crippen LogP contribution in [0.5, 0.6) is 0 Å². The van der Waals surface area contributed by atoms with Crippen LogP contribution in [0.3, 0.4) is 0 Å². The highest BCUT2D eigenvalue weighted by atomic mass is 35.5. The molecule has 0 saturated carbocycles. The molecular weight excluding hydrogens is 212 g/mol. The van der Waals surface area contributed by atoms with Gasteiger partial charge >= 0.3 is 0 Å². The summed E-state index contributed by atoms with van der Waals surface area (Å²) in [4.78, 5) is 14.4. The smallest absolute Gasteiger partial charge is 0.274 e. The number of rotatable bonds is 2. The summed E-state index contributed by atoms with van der Waals surface area (Å²) in [6.45, 7) is 3.25. The molecule has 1 rings (SSSR count). The van der Waals surface area contributed by atoms with Crippen molar-refractivity contribution >= 4 is 16.8 Å². The molecule has 1 heterocycles. The fourth-order valence-electron chi connectivity index (χ4n) is 1.07. The molecule has 1 aromatic heterocycles. The van der Waals surface area contributed by atoms with Crippen molar-refractivity contribution in [2.45, 2.75) is 20.3 Å². The maximum Gasteiger partial charge on any atom is 0.280 e. The number of hydrogen-bond donors (Lipinski definition) is 0. The Labute approximate surface area is 84.9 Å². The van der Waals surface area contributed by atoms with Crippen LogP contribution in [-0.4, -0.2) is 10.2 Å². The van der Waals surface area contributed by atoms with Crippen molar-refractivity contribution in [3.63, 3.8) is 0 Å². The zero-order chi connectivity index (χ0) is 10.9. The Bertz CT molecular complexity index is 379. The quantitative estimate of drug-likeness (QED) is 0.716. The Hall–Kier alpha value is -1.03. The molecule has 0 bridgehead atoms. The summed E-state index contributed by atoms with van der Waals surface area (Å²) < 4.78 is 24.6. The molecule has 14 heavy (non-hydrogen) atoms. The third kappa shape index (κ3) is 2.07. The summed E-state index contributed by atoms with van der Waals surface area (Å²) in [6, 6.07) is 1.25. The van der Waals surface area contributed by atoms with Crippen molar-refractivity contribution in [2.75, 3.05) is 0 Å². The minimum atomic E-state index is -2.69. The minimum Gasteiger partial charge on any atom is -0.274 e. The first kappa shape index (κ1) is 11.0. The van der Waals surface area contributed by atoms with E-state index in [1.807, 2.05) is 0 Å². The third-order valence-electron chi connectivity index (χ3n) is 1.96. The summed E-state index contributed by atoms with van der Waals surface area (Å²) in [5, 5.41) is -0.812. The van der Waals surface area contributed by atoms with Crippen molar-refractivity contribution in [1.29, 1.82) is 0 Å². The highest BCUT2D eigenvalue weighted by Crippen LogP contribution is 2.21. The number of aromatic nitrogens is 1. The second-order valence-corrected chi connectivity index (χ2v) is 3.26. The van der Waals surface area contributed by atoms with Crippen LogP contribution in [-0.2, 0) is 0 Å². The van der Waals surface area contributed by atoms with Gasteiger partial charge in [-0.05, 0) is 42.6 Å². The predicted molar refractivity (Wildman–Crippen MR) is 48.9 cm³/mol. The number of alkyl halides is 2. The van der Waals surface area contributed by atoms with E-state index in [1.165, 1.54) is 6.07 Å². The van der Waals surface area contributed by atoms with Crippen molar-refractivity contribution in [2.24, 2.45) is 0 Å². The van der Waals surface area contributed by atoms with Gasteiger partial charge in [-0.15, -0.1) is 0 Å². The van der Waals surface area contributed by atoms with Crippen LogP contribution < -0.4 is 0 Å². The molecule has 0 aliphatic carbocycles. The van der Waals surface area contributed by atoms with Gasteiger partial charge in [0, 0.05) is 0 Å². The molecule has 0 atom stereocenters. The Balaban J connectivity index is 3.35. The maximum absolute atomic E-state index is 12.3. The molecule has 76 valence electrons. The standard InChI is InChI=1S/C9H8ClF2NO/c1-4-3-6(9(11)12)13-7(5(4)2)8(10)14/h3,9H,1-2H3. The zero-order valence-electron chi connectivity index (χ0n) is 7.64. The number of carbonyl (C=O) groups is 1. The predicted octanol–water partition coefficient (Wildman–Crippen LogP) is 3.02. The van der Waals surface area contributed by atoms with Gasteiger partial charge in [0.25, 0.3) is 11.7 Å². The first-order chi connectivity index (χ1) is 6.43. The van der Waals surface area contributed by atoms with E-state index >= 15 is 0 Å². The summed E-state index contributed by atoms with van der Waals surface area (Å²) in [5.41, 5.74) is 0.604. The van der Waals surface area contributed by atoms with Gasteiger partial charge in [-0.2, -0.15) is 0 Å².